The first-order valence-corrected chi connectivity index (χ1v) is 10.7. The molecule has 2 heterocycles. The van der Waals surface area contributed by atoms with Gasteiger partial charge in [-0.05, 0) is 50.3 Å². The van der Waals surface area contributed by atoms with Gasteiger partial charge in [-0.2, -0.15) is 0 Å². The molecule has 2 saturated heterocycles. The van der Waals surface area contributed by atoms with Crippen molar-refractivity contribution in [1.29, 1.82) is 0 Å². The smallest absolute Gasteiger partial charge is 0.317 e. The van der Waals surface area contributed by atoms with Crippen molar-refractivity contribution in [2.24, 2.45) is 0 Å². The molecule has 0 saturated carbocycles. The van der Waals surface area contributed by atoms with Gasteiger partial charge >= 0.3 is 6.03 Å². The average Bonchev–Trinajstić information content (AvgIpc) is 3.03. The molecule has 1 aromatic rings. The van der Waals surface area contributed by atoms with Crippen LogP contribution in [0, 0.1) is 0 Å². The van der Waals surface area contributed by atoms with Gasteiger partial charge in [0.15, 0.2) is 9.84 Å². The number of nitrogens with one attached hydrogen (secondary N) is 1. The topological polar surface area (TPSA) is 75.7 Å². The highest BCUT2D eigenvalue weighted by atomic mass is 32.2. The van der Waals surface area contributed by atoms with Crippen molar-refractivity contribution in [2.75, 3.05) is 26.0 Å². The number of hydrogen-bond acceptors (Lipinski definition) is 4. The summed E-state index contributed by atoms with van der Waals surface area (Å²) < 4.78 is 28.9. The minimum Gasteiger partial charge on any atom is -0.375 e. The second kappa shape index (κ2) is 6.96. The monoisotopic (exact) mass is 366 g/mol. The lowest BCUT2D eigenvalue weighted by Gasteiger charge is -2.38. The van der Waals surface area contributed by atoms with Crippen LogP contribution in [0.25, 0.3) is 0 Å². The third-order valence-electron chi connectivity index (χ3n) is 5.30. The molecule has 1 atom stereocenters. The number of sulfone groups is 1. The van der Waals surface area contributed by atoms with Crippen LogP contribution in [-0.2, 0) is 14.6 Å². The minimum atomic E-state index is -3.20. The summed E-state index contributed by atoms with van der Waals surface area (Å²) in [5.41, 5.74) is 0.887. The van der Waals surface area contributed by atoms with E-state index in [-0.39, 0.29) is 22.6 Å². The van der Waals surface area contributed by atoms with Gasteiger partial charge in [0, 0.05) is 26.0 Å². The SMILES string of the molecule is C[C@@H](NC(=O)N1CCC2(CCCO2)CC1)c1ccc(S(C)(=O)=O)cc1. The van der Waals surface area contributed by atoms with Crippen molar-refractivity contribution in [3.63, 3.8) is 0 Å². The number of likely N-dealkylation sites (tertiary alicyclic amines) is 1. The van der Waals surface area contributed by atoms with Crippen molar-refractivity contribution >= 4 is 15.9 Å². The zero-order chi connectivity index (χ0) is 18.1. The second-order valence-electron chi connectivity index (χ2n) is 7.13. The predicted molar refractivity (Wildman–Crippen MR) is 95.2 cm³/mol. The van der Waals surface area contributed by atoms with Crippen LogP contribution in [-0.4, -0.2) is 50.9 Å². The van der Waals surface area contributed by atoms with Gasteiger partial charge in [-0.3, -0.25) is 0 Å². The maximum atomic E-state index is 12.5. The van der Waals surface area contributed by atoms with Crippen LogP contribution in [0.3, 0.4) is 0 Å². The van der Waals surface area contributed by atoms with E-state index >= 15 is 0 Å². The maximum Gasteiger partial charge on any atom is 0.317 e. The number of rotatable bonds is 3. The van der Waals surface area contributed by atoms with E-state index in [1.165, 1.54) is 6.26 Å². The second-order valence-corrected chi connectivity index (χ2v) is 9.15. The molecule has 2 fully saturated rings. The van der Waals surface area contributed by atoms with E-state index in [1.54, 1.807) is 24.3 Å². The molecule has 0 aliphatic carbocycles. The molecule has 1 N–H and O–H groups in total. The number of amides is 2. The molecule has 7 heteroatoms. The highest BCUT2D eigenvalue weighted by molar-refractivity contribution is 7.90. The van der Waals surface area contributed by atoms with Crippen molar-refractivity contribution < 1.29 is 17.9 Å². The number of nitrogens with zero attached hydrogens (tertiary/aromatic N) is 1. The first-order valence-electron chi connectivity index (χ1n) is 8.79. The number of carbonyl (C=O) groups is 1. The van der Waals surface area contributed by atoms with E-state index in [0.29, 0.717) is 13.1 Å². The summed E-state index contributed by atoms with van der Waals surface area (Å²) in [6.07, 6.45) is 5.21. The fourth-order valence-electron chi connectivity index (χ4n) is 3.63. The number of ether oxygens (including phenoxy) is 1. The van der Waals surface area contributed by atoms with Gasteiger partial charge in [0.05, 0.1) is 16.5 Å². The third kappa shape index (κ3) is 4.15. The van der Waals surface area contributed by atoms with Crippen LogP contribution >= 0.6 is 0 Å². The summed E-state index contributed by atoms with van der Waals surface area (Å²) in [5, 5.41) is 3.00. The number of piperidine rings is 1. The Balaban J connectivity index is 1.56. The van der Waals surface area contributed by atoms with Crippen LogP contribution < -0.4 is 5.32 Å². The molecular formula is C18H26N2O4S. The standard InChI is InChI=1S/C18H26N2O4S/c1-14(15-4-6-16(7-5-15)25(2,22)23)19-17(21)20-11-9-18(10-12-20)8-3-13-24-18/h4-7,14H,3,8-13H2,1-2H3,(H,19,21)/t14-/m1/s1. The molecule has 1 spiro atoms. The van der Waals surface area contributed by atoms with Crippen molar-refractivity contribution in [2.45, 2.75) is 49.1 Å². The average molecular weight is 366 g/mol. The Bertz CT molecular complexity index is 714. The van der Waals surface area contributed by atoms with Crippen LogP contribution in [0.1, 0.15) is 44.2 Å². The van der Waals surface area contributed by atoms with Gasteiger partial charge in [-0.1, -0.05) is 12.1 Å². The Kier molecular flexibility index (Phi) is 5.06. The Labute approximate surface area is 149 Å². The molecule has 0 aromatic heterocycles. The van der Waals surface area contributed by atoms with E-state index in [9.17, 15) is 13.2 Å². The Morgan fingerprint density at radius 1 is 1.20 bits per heavy atom. The van der Waals surface area contributed by atoms with Crippen LogP contribution in [0.2, 0.25) is 0 Å². The van der Waals surface area contributed by atoms with Crippen LogP contribution in [0.4, 0.5) is 4.79 Å². The van der Waals surface area contributed by atoms with Gasteiger partial charge in [0.2, 0.25) is 0 Å². The Morgan fingerprint density at radius 3 is 2.36 bits per heavy atom. The highest BCUT2D eigenvalue weighted by Gasteiger charge is 2.39. The summed E-state index contributed by atoms with van der Waals surface area (Å²) in [6.45, 7) is 4.17. The van der Waals surface area contributed by atoms with Gasteiger partial charge < -0.3 is 15.0 Å². The first-order chi connectivity index (χ1) is 11.8. The van der Waals surface area contributed by atoms with Gasteiger partial charge in [0.25, 0.3) is 0 Å². The summed E-state index contributed by atoms with van der Waals surface area (Å²) in [7, 11) is -3.20. The highest BCUT2D eigenvalue weighted by Crippen LogP contribution is 2.35. The number of urea groups is 1. The van der Waals surface area contributed by atoms with E-state index in [2.05, 4.69) is 5.32 Å². The lowest BCUT2D eigenvalue weighted by Crippen LogP contribution is -2.50. The molecule has 6 nitrogen and oxygen atoms in total. The molecule has 1 aromatic carbocycles. The quantitative estimate of drug-likeness (QED) is 0.892. The molecule has 2 aliphatic heterocycles. The van der Waals surface area contributed by atoms with E-state index < -0.39 is 9.84 Å². The molecule has 0 radical (unpaired) electrons. The molecule has 138 valence electrons. The summed E-state index contributed by atoms with van der Waals surface area (Å²) in [6, 6.07) is 6.40. The fourth-order valence-corrected chi connectivity index (χ4v) is 4.26. The number of carbonyl (C=O) groups excluding carboxylic acids is 1. The molecule has 2 amide bonds. The van der Waals surface area contributed by atoms with Gasteiger partial charge in [-0.15, -0.1) is 0 Å². The molecule has 25 heavy (non-hydrogen) atoms. The van der Waals surface area contributed by atoms with E-state index in [1.807, 2.05) is 11.8 Å². The predicted octanol–water partition coefficient (Wildman–Crippen LogP) is 2.51. The lowest BCUT2D eigenvalue weighted by atomic mass is 9.89. The van der Waals surface area contributed by atoms with Gasteiger partial charge in [0.1, 0.15) is 0 Å². The van der Waals surface area contributed by atoms with Crippen molar-refractivity contribution in [3.8, 4) is 0 Å². The number of hydrogen-bond donors (Lipinski definition) is 1. The zero-order valence-electron chi connectivity index (χ0n) is 14.8. The Morgan fingerprint density at radius 2 is 1.84 bits per heavy atom. The van der Waals surface area contributed by atoms with Gasteiger partial charge in [-0.25, -0.2) is 13.2 Å². The van der Waals surface area contributed by atoms with Crippen molar-refractivity contribution in [3.05, 3.63) is 29.8 Å². The lowest BCUT2D eigenvalue weighted by molar-refractivity contribution is -0.0362. The molecule has 0 unspecified atom stereocenters. The molecule has 2 aliphatic rings. The summed E-state index contributed by atoms with van der Waals surface area (Å²) in [5.74, 6) is 0. The summed E-state index contributed by atoms with van der Waals surface area (Å²) >= 11 is 0. The molecule has 3 rings (SSSR count). The van der Waals surface area contributed by atoms with E-state index in [0.717, 1.165) is 37.9 Å². The Hall–Kier alpha value is -1.60. The third-order valence-corrected chi connectivity index (χ3v) is 6.42. The molecule has 0 bridgehead atoms. The normalized spacial score (nSPS) is 21.3. The molecular weight excluding hydrogens is 340 g/mol. The van der Waals surface area contributed by atoms with E-state index in [4.69, 9.17) is 4.74 Å². The van der Waals surface area contributed by atoms with Crippen LogP contribution in [0.15, 0.2) is 29.2 Å². The summed E-state index contributed by atoms with van der Waals surface area (Å²) in [4.78, 5) is 14.6. The zero-order valence-corrected chi connectivity index (χ0v) is 15.6. The van der Waals surface area contributed by atoms with Crippen molar-refractivity contribution in [1.82, 2.24) is 10.2 Å². The number of benzene rings is 1. The largest absolute Gasteiger partial charge is 0.375 e. The fraction of sp³-hybridized carbons (Fsp3) is 0.611. The minimum absolute atomic E-state index is 0.00384. The van der Waals surface area contributed by atoms with Crippen LogP contribution in [0.5, 0.6) is 0 Å². The first kappa shape index (κ1) is 18.2. The maximum absolute atomic E-state index is 12.5.